The zero-order valence-electron chi connectivity index (χ0n) is 50.6. The standard InChI is InChI=1S/C58H91N3O29/c1-36(65)61-46-49(70)53(89-58-52(73)54(48(69)42(33-63)87-58)90-57-51(72)50(71)47(68)41(32-62)86-57)43(34-64)88-56(46)84-12-6-10-59-44(66)35-85-40-30-38(37-7-4-3-5-8-37)29-39(31-40)55(74)60-11-14-77-16-18-79-20-22-81-24-26-83-28-27-82-25-23-80-21-19-78-17-15-76-13-9-45(67)75-2/h3-5,7-8,29-31,41-43,46-54,56-58,62-64,68-73H,6,9-28,32-35H2,1-2H3,(H,59,66)(H,60,74)(H,61,65)/t41?,42?,43?,46?,47-,48-,49+,50?,51-,52?,53+,54-,56+,57+,58-/m0/s1. The molecule has 0 spiro atoms. The van der Waals surface area contributed by atoms with Crippen LogP contribution in [0.25, 0.3) is 11.1 Å². The van der Waals surface area contributed by atoms with E-state index in [1.165, 1.54) is 13.2 Å². The Morgan fingerprint density at radius 2 is 1.01 bits per heavy atom. The van der Waals surface area contributed by atoms with Gasteiger partial charge in [0.1, 0.15) is 78.9 Å². The number of nitrogens with one attached hydrogen (secondary N) is 3. The zero-order valence-corrected chi connectivity index (χ0v) is 50.6. The zero-order chi connectivity index (χ0) is 65.0. The van der Waals surface area contributed by atoms with Gasteiger partial charge in [0, 0.05) is 25.6 Å². The predicted molar refractivity (Wildman–Crippen MR) is 307 cm³/mol. The third-order valence-electron chi connectivity index (χ3n) is 13.9. The van der Waals surface area contributed by atoms with Crippen LogP contribution in [-0.2, 0) is 85.4 Å². The molecular weight excluding hydrogens is 1200 g/mol. The van der Waals surface area contributed by atoms with Crippen LogP contribution in [0.1, 0.15) is 30.1 Å². The Bertz CT molecular complexity index is 2320. The van der Waals surface area contributed by atoms with E-state index < -0.39 is 136 Å². The molecule has 3 aliphatic rings. The molecule has 3 fully saturated rings. The number of hydrogen-bond acceptors (Lipinski definition) is 29. The lowest BCUT2D eigenvalue weighted by atomic mass is 9.95. The van der Waals surface area contributed by atoms with Gasteiger partial charge < -0.3 is 138 Å². The fourth-order valence-corrected chi connectivity index (χ4v) is 9.13. The minimum atomic E-state index is -1.99. The quantitative estimate of drug-likeness (QED) is 0.0219. The normalized spacial score (nSPS) is 26.8. The Morgan fingerprint density at radius 1 is 0.500 bits per heavy atom. The molecule has 6 unspecified atom stereocenters. The summed E-state index contributed by atoms with van der Waals surface area (Å²) in [7, 11) is 1.33. The van der Waals surface area contributed by atoms with Crippen LogP contribution in [-0.4, -0.2) is 321 Å². The molecule has 0 aromatic heterocycles. The largest absolute Gasteiger partial charge is 0.484 e. The number of benzene rings is 2. The molecule has 5 rings (SSSR count). The monoisotopic (exact) mass is 1290 g/mol. The van der Waals surface area contributed by atoms with E-state index in [9.17, 15) is 65.1 Å². The molecule has 3 heterocycles. The maximum atomic E-state index is 13.4. The average molecular weight is 1290 g/mol. The van der Waals surface area contributed by atoms with Crippen molar-refractivity contribution in [2.24, 2.45) is 0 Å². The predicted octanol–water partition coefficient (Wildman–Crippen LogP) is -4.73. The highest BCUT2D eigenvalue weighted by molar-refractivity contribution is 5.96. The van der Waals surface area contributed by atoms with Gasteiger partial charge >= 0.3 is 5.97 Å². The molecule has 12 N–H and O–H groups in total. The number of hydrogen-bond donors (Lipinski definition) is 12. The number of carbonyl (C=O) groups excluding carboxylic acids is 4. The van der Waals surface area contributed by atoms with Crippen LogP contribution in [0.15, 0.2) is 48.5 Å². The molecule has 90 heavy (non-hydrogen) atoms. The molecule has 2 aromatic rings. The highest BCUT2D eigenvalue weighted by Gasteiger charge is 2.54. The first-order valence-electron chi connectivity index (χ1n) is 29.7. The van der Waals surface area contributed by atoms with E-state index in [1.807, 2.05) is 30.3 Å². The number of ether oxygens (including phenoxy) is 16. The SMILES string of the molecule is COC(=O)CCOCCOCCOCCOCCOCCOCCOCCOCCNC(=O)c1cc(OCC(=O)NCCCO[C@@H]2OC(CO)[C@@H](O[C@@H]3OC(CO)[C@H](O)[C@H](O[C@H]4OC(CO)[C@H](O)C(O)[C@@H]4O)C3O)[C@H](O)C2NC(C)=O)cc(-c2ccccc2)c1. The third kappa shape index (κ3) is 26.3. The van der Waals surface area contributed by atoms with Crippen LogP contribution in [0.5, 0.6) is 5.75 Å². The van der Waals surface area contributed by atoms with Gasteiger partial charge in [-0.05, 0) is 35.7 Å². The molecule has 2 aromatic carbocycles. The fourth-order valence-electron chi connectivity index (χ4n) is 9.13. The first-order valence-corrected chi connectivity index (χ1v) is 29.7. The second-order valence-electron chi connectivity index (χ2n) is 20.5. The second kappa shape index (κ2) is 43.2. The van der Waals surface area contributed by atoms with Crippen LogP contribution in [0.2, 0.25) is 0 Å². The van der Waals surface area contributed by atoms with E-state index >= 15 is 0 Å². The van der Waals surface area contributed by atoms with Crippen molar-refractivity contribution in [1.29, 1.82) is 0 Å². The summed E-state index contributed by atoms with van der Waals surface area (Å²) in [6, 6.07) is 12.8. The summed E-state index contributed by atoms with van der Waals surface area (Å²) >= 11 is 0. The number of rotatable bonds is 45. The number of aliphatic hydroxyl groups is 9. The number of esters is 1. The molecule has 0 radical (unpaired) electrons. The van der Waals surface area contributed by atoms with Crippen molar-refractivity contribution in [2.45, 2.75) is 112 Å². The summed E-state index contributed by atoms with van der Waals surface area (Å²) in [5, 5.41) is 103. The van der Waals surface area contributed by atoms with Crippen LogP contribution >= 0.6 is 0 Å². The number of methoxy groups -OCH3 is 1. The Labute approximate surface area is 521 Å². The minimum absolute atomic E-state index is 0.0629. The van der Waals surface area contributed by atoms with Gasteiger partial charge in [0.2, 0.25) is 5.91 Å². The summed E-state index contributed by atoms with van der Waals surface area (Å²) in [5.41, 5.74) is 1.74. The van der Waals surface area contributed by atoms with Gasteiger partial charge in [-0.1, -0.05) is 30.3 Å². The summed E-state index contributed by atoms with van der Waals surface area (Å²) in [5.74, 6) is -1.61. The van der Waals surface area contributed by atoms with Crippen molar-refractivity contribution in [3.05, 3.63) is 54.1 Å². The molecule has 15 atom stereocenters. The van der Waals surface area contributed by atoms with Crippen LogP contribution in [0.4, 0.5) is 0 Å². The highest BCUT2D eigenvalue weighted by Crippen LogP contribution is 2.33. The van der Waals surface area contributed by atoms with E-state index in [2.05, 4.69) is 20.7 Å². The van der Waals surface area contributed by atoms with Crippen molar-refractivity contribution in [3.63, 3.8) is 0 Å². The number of carbonyl (C=O) groups is 4. The van der Waals surface area contributed by atoms with Gasteiger partial charge in [-0.3, -0.25) is 19.2 Å². The Hall–Kier alpha value is -4.80. The lowest BCUT2D eigenvalue weighted by Gasteiger charge is -2.48. The smallest absolute Gasteiger partial charge is 0.307 e. The molecule has 32 nitrogen and oxygen atoms in total. The van der Waals surface area contributed by atoms with Gasteiger partial charge in [0.05, 0.1) is 146 Å². The van der Waals surface area contributed by atoms with Crippen LogP contribution in [0, 0.1) is 0 Å². The Balaban J connectivity index is 0.950. The molecule has 3 aliphatic heterocycles. The molecule has 3 saturated heterocycles. The number of aliphatic hydroxyl groups excluding tert-OH is 9. The summed E-state index contributed by atoms with van der Waals surface area (Å²) in [6.45, 7) is 4.37. The summed E-state index contributed by atoms with van der Waals surface area (Å²) < 4.78 is 88.5. The fraction of sp³-hybridized carbons (Fsp3) is 0.724. The first kappa shape index (κ1) is 75.9. The van der Waals surface area contributed by atoms with E-state index in [4.69, 9.17) is 71.1 Å². The van der Waals surface area contributed by atoms with Gasteiger partial charge in [-0.25, -0.2) is 0 Å². The first-order chi connectivity index (χ1) is 43.6. The molecule has 3 amide bonds. The lowest BCUT2D eigenvalue weighted by molar-refractivity contribution is -0.376. The minimum Gasteiger partial charge on any atom is -0.484 e. The maximum absolute atomic E-state index is 13.4. The molecular formula is C58H91N3O29. The molecule has 0 bridgehead atoms. The van der Waals surface area contributed by atoms with Gasteiger partial charge in [0.25, 0.3) is 11.8 Å². The van der Waals surface area contributed by atoms with Crippen molar-refractivity contribution in [1.82, 2.24) is 16.0 Å². The summed E-state index contributed by atoms with van der Waals surface area (Å²) in [6.07, 6.45) is -23.5. The number of amides is 3. The lowest BCUT2D eigenvalue weighted by Crippen LogP contribution is -2.68. The molecule has 512 valence electrons. The van der Waals surface area contributed by atoms with E-state index in [0.29, 0.717) is 105 Å². The topological polar surface area (TPSA) is 434 Å². The van der Waals surface area contributed by atoms with Crippen molar-refractivity contribution in [2.75, 3.05) is 159 Å². The molecule has 32 heteroatoms. The van der Waals surface area contributed by atoms with E-state index in [0.717, 1.165) is 12.5 Å². The third-order valence-corrected chi connectivity index (χ3v) is 13.9. The van der Waals surface area contributed by atoms with Crippen molar-refractivity contribution in [3.8, 4) is 16.9 Å². The Morgan fingerprint density at radius 3 is 1.56 bits per heavy atom. The van der Waals surface area contributed by atoms with Gasteiger partial charge in [-0.15, -0.1) is 0 Å². The molecule has 0 aliphatic carbocycles. The van der Waals surface area contributed by atoms with Crippen LogP contribution in [0.3, 0.4) is 0 Å². The summed E-state index contributed by atoms with van der Waals surface area (Å²) in [4.78, 5) is 49.7. The molecule has 0 saturated carbocycles. The van der Waals surface area contributed by atoms with Gasteiger partial charge in [-0.2, -0.15) is 0 Å². The van der Waals surface area contributed by atoms with Gasteiger partial charge in [0.15, 0.2) is 25.5 Å². The average Bonchev–Trinajstić information content (AvgIpc) is 0.872. The van der Waals surface area contributed by atoms with Crippen molar-refractivity contribution < 1.29 is 141 Å². The van der Waals surface area contributed by atoms with E-state index in [-0.39, 0.29) is 56.4 Å². The highest BCUT2D eigenvalue weighted by atomic mass is 16.8. The van der Waals surface area contributed by atoms with E-state index in [1.54, 1.807) is 12.1 Å². The van der Waals surface area contributed by atoms with Crippen LogP contribution < -0.4 is 20.7 Å². The Kier molecular flexibility index (Phi) is 36.4. The second-order valence-corrected chi connectivity index (χ2v) is 20.5. The maximum Gasteiger partial charge on any atom is 0.307 e. The van der Waals surface area contributed by atoms with Crippen molar-refractivity contribution >= 4 is 23.7 Å².